The second kappa shape index (κ2) is 7.99. The van der Waals surface area contributed by atoms with Crippen molar-refractivity contribution in [3.63, 3.8) is 0 Å². The van der Waals surface area contributed by atoms with Gasteiger partial charge in [-0.1, -0.05) is 6.92 Å². The minimum Gasteiger partial charge on any atom is -0.465 e. The van der Waals surface area contributed by atoms with Crippen molar-refractivity contribution in [1.29, 1.82) is 0 Å². The molecule has 3 heterocycles. The van der Waals surface area contributed by atoms with Crippen LogP contribution in [0, 0.1) is 17.3 Å². The predicted molar refractivity (Wildman–Crippen MR) is 109 cm³/mol. The lowest BCUT2D eigenvalue weighted by Gasteiger charge is -2.43. The van der Waals surface area contributed by atoms with Crippen LogP contribution in [0.4, 0.5) is 0 Å². The van der Waals surface area contributed by atoms with Crippen molar-refractivity contribution >= 4 is 22.2 Å². The molecule has 156 valence electrons. The smallest absolute Gasteiger partial charge is 0.322 e. The molecule has 0 aromatic rings. The summed E-state index contributed by atoms with van der Waals surface area (Å²) in [4.78, 5) is 19.7. The largest absolute Gasteiger partial charge is 0.465 e. The third-order valence-electron chi connectivity index (χ3n) is 6.51. The van der Waals surface area contributed by atoms with E-state index in [4.69, 9.17) is 4.74 Å². The molecule has 3 aliphatic rings. The molecule has 0 aromatic heterocycles. The standard InChI is InChI=1S/C20H31N3O4S/c1-5-27-19(24)20(15(3)14-22-12-9-21-13-18(20)22)16(4)17-7-10-23(11-8-17)28(25,26)6-2/h9,13-14,16-17H,5-8,10-12H2,1-4H3. The van der Waals surface area contributed by atoms with Gasteiger partial charge in [0.25, 0.3) is 0 Å². The molecule has 3 rings (SSSR count). The zero-order valence-electron chi connectivity index (χ0n) is 17.2. The van der Waals surface area contributed by atoms with E-state index in [0.29, 0.717) is 26.2 Å². The Morgan fingerprint density at radius 2 is 2.04 bits per heavy atom. The van der Waals surface area contributed by atoms with E-state index in [1.54, 1.807) is 17.4 Å². The van der Waals surface area contributed by atoms with E-state index in [9.17, 15) is 13.2 Å². The van der Waals surface area contributed by atoms with Gasteiger partial charge in [0.05, 0.1) is 24.6 Å². The van der Waals surface area contributed by atoms with Crippen molar-refractivity contribution in [2.24, 2.45) is 22.2 Å². The van der Waals surface area contributed by atoms with Gasteiger partial charge in [-0.3, -0.25) is 9.79 Å². The number of nitrogens with zero attached hydrogens (tertiary/aromatic N) is 3. The van der Waals surface area contributed by atoms with E-state index in [-0.39, 0.29) is 23.6 Å². The van der Waals surface area contributed by atoms with Crippen molar-refractivity contribution in [2.75, 3.05) is 32.0 Å². The maximum Gasteiger partial charge on any atom is 0.322 e. The van der Waals surface area contributed by atoms with Crippen LogP contribution in [0.15, 0.2) is 28.7 Å². The Morgan fingerprint density at radius 3 is 2.64 bits per heavy atom. The molecular weight excluding hydrogens is 378 g/mol. The Kier molecular flexibility index (Phi) is 6.00. The van der Waals surface area contributed by atoms with Crippen LogP contribution in [0.3, 0.4) is 0 Å². The molecule has 0 spiro atoms. The molecule has 2 unspecified atom stereocenters. The molecule has 1 fully saturated rings. The van der Waals surface area contributed by atoms with Gasteiger partial charge in [0, 0.05) is 31.7 Å². The summed E-state index contributed by atoms with van der Waals surface area (Å²) >= 11 is 0. The number of carbonyl (C=O) groups is 1. The van der Waals surface area contributed by atoms with Gasteiger partial charge in [-0.05, 0) is 51.0 Å². The number of piperidine rings is 1. The van der Waals surface area contributed by atoms with Crippen LogP contribution in [-0.2, 0) is 19.6 Å². The van der Waals surface area contributed by atoms with E-state index in [1.807, 2.05) is 26.3 Å². The van der Waals surface area contributed by atoms with Gasteiger partial charge in [0.1, 0.15) is 5.41 Å². The SMILES string of the molecule is CCOC(=O)C1(C(C)C2CCN(S(=O)(=O)CC)CC2)C(C)=CN2CC=NC=C21. The summed E-state index contributed by atoms with van der Waals surface area (Å²) in [6, 6.07) is 0. The van der Waals surface area contributed by atoms with E-state index in [1.165, 1.54) is 0 Å². The highest BCUT2D eigenvalue weighted by Gasteiger charge is 2.57. The number of carbonyl (C=O) groups excluding carboxylic acids is 1. The van der Waals surface area contributed by atoms with Gasteiger partial charge in [0.15, 0.2) is 0 Å². The van der Waals surface area contributed by atoms with Gasteiger partial charge in [-0.25, -0.2) is 12.7 Å². The van der Waals surface area contributed by atoms with Gasteiger partial charge < -0.3 is 9.64 Å². The zero-order chi connectivity index (χ0) is 20.5. The summed E-state index contributed by atoms with van der Waals surface area (Å²) in [5.74, 6) is 0.106. The fourth-order valence-electron chi connectivity index (χ4n) is 4.90. The van der Waals surface area contributed by atoms with E-state index < -0.39 is 15.4 Å². The molecule has 0 N–H and O–H groups in total. The Balaban J connectivity index is 1.91. The highest BCUT2D eigenvalue weighted by Crippen LogP contribution is 2.54. The molecule has 0 bridgehead atoms. The summed E-state index contributed by atoms with van der Waals surface area (Å²) in [5.41, 5.74) is 0.991. The topological polar surface area (TPSA) is 79.3 Å². The normalized spacial score (nSPS) is 27.2. The third-order valence-corrected chi connectivity index (χ3v) is 8.39. The molecule has 28 heavy (non-hydrogen) atoms. The van der Waals surface area contributed by atoms with Crippen LogP contribution in [0.25, 0.3) is 0 Å². The van der Waals surface area contributed by atoms with Crippen LogP contribution in [0.1, 0.15) is 40.5 Å². The van der Waals surface area contributed by atoms with Crippen LogP contribution in [0.2, 0.25) is 0 Å². The Labute approximate surface area is 168 Å². The quantitative estimate of drug-likeness (QED) is 0.630. The van der Waals surface area contributed by atoms with E-state index in [0.717, 1.165) is 24.1 Å². The number of ether oxygens (including phenoxy) is 1. The molecular formula is C20H31N3O4S. The molecule has 0 radical (unpaired) electrons. The summed E-state index contributed by atoms with van der Waals surface area (Å²) in [5, 5.41) is 0. The second-order valence-electron chi connectivity index (χ2n) is 7.76. The Hall–Kier alpha value is -1.67. The minimum absolute atomic E-state index is 0.0150. The van der Waals surface area contributed by atoms with Gasteiger partial charge in [0.2, 0.25) is 10.0 Å². The van der Waals surface area contributed by atoms with Gasteiger partial charge >= 0.3 is 5.97 Å². The average molecular weight is 410 g/mol. The van der Waals surface area contributed by atoms with Crippen LogP contribution in [-0.4, -0.2) is 61.8 Å². The summed E-state index contributed by atoms with van der Waals surface area (Å²) in [6.45, 7) is 9.57. The van der Waals surface area contributed by atoms with Crippen LogP contribution >= 0.6 is 0 Å². The number of esters is 1. The van der Waals surface area contributed by atoms with Crippen molar-refractivity contribution in [1.82, 2.24) is 9.21 Å². The molecule has 0 aromatic carbocycles. The van der Waals surface area contributed by atoms with Crippen molar-refractivity contribution < 1.29 is 17.9 Å². The molecule has 3 aliphatic heterocycles. The molecule has 7 nitrogen and oxygen atoms in total. The Morgan fingerprint density at radius 1 is 1.36 bits per heavy atom. The highest BCUT2D eigenvalue weighted by atomic mass is 32.2. The lowest BCUT2D eigenvalue weighted by atomic mass is 9.63. The summed E-state index contributed by atoms with van der Waals surface area (Å²) in [7, 11) is -3.17. The lowest BCUT2D eigenvalue weighted by molar-refractivity contribution is -0.155. The number of hydrogen-bond donors (Lipinski definition) is 0. The minimum atomic E-state index is -3.17. The monoisotopic (exact) mass is 409 g/mol. The lowest BCUT2D eigenvalue weighted by Crippen LogP contribution is -2.48. The van der Waals surface area contributed by atoms with Crippen molar-refractivity contribution in [2.45, 2.75) is 40.5 Å². The first-order valence-electron chi connectivity index (χ1n) is 10.1. The average Bonchev–Trinajstić information content (AvgIpc) is 3.00. The summed E-state index contributed by atoms with van der Waals surface area (Å²) < 4.78 is 31.5. The van der Waals surface area contributed by atoms with Crippen molar-refractivity contribution in [3.8, 4) is 0 Å². The first kappa shape index (κ1) is 21.0. The number of hydrogen-bond acceptors (Lipinski definition) is 6. The third kappa shape index (κ3) is 3.30. The van der Waals surface area contributed by atoms with E-state index in [2.05, 4.69) is 16.8 Å². The zero-order valence-corrected chi connectivity index (χ0v) is 18.0. The van der Waals surface area contributed by atoms with E-state index >= 15 is 0 Å². The molecule has 1 saturated heterocycles. The maximum atomic E-state index is 13.3. The van der Waals surface area contributed by atoms with Gasteiger partial charge in [-0.2, -0.15) is 0 Å². The number of fused-ring (bicyclic) bond motifs is 1. The van der Waals surface area contributed by atoms with Crippen LogP contribution in [0.5, 0.6) is 0 Å². The first-order valence-corrected chi connectivity index (χ1v) is 11.7. The highest BCUT2D eigenvalue weighted by molar-refractivity contribution is 7.89. The molecule has 0 aliphatic carbocycles. The maximum absolute atomic E-state index is 13.3. The van der Waals surface area contributed by atoms with Crippen LogP contribution < -0.4 is 0 Å². The summed E-state index contributed by atoms with van der Waals surface area (Å²) in [6.07, 6.45) is 7.12. The first-order chi connectivity index (χ1) is 13.3. The van der Waals surface area contributed by atoms with Gasteiger partial charge in [-0.15, -0.1) is 0 Å². The Bertz CT molecular complexity index is 809. The van der Waals surface area contributed by atoms with Crippen molar-refractivity contribution in [3.05, 3.63) is 23.7 Å². The fourth-order valence-corrected chi connectivity index (χ4v) is 6.03. The molecule has 8 heteroatoms. The fraction of sp³-hybridized carbons (Fsp3) is 0.700. The molecule has 0 saturated carbocycles. The number of sulfonamides is 1. The number of aliphatic imine (C=N–C) groups is 1. The molecule has 0 amide bonds. The second-order valence-corrected chi connectivity index (χ2v) is 10.0. The predicted octanol–water partition coefficient (Wildman–Crippen LogP) is 2.38. The number of rotatable bonds is 6. The molecule has 2 atom stereocenters.